The molecule has 0 bridgehead atoms. The number of hydrogen-bond acceptors (Lipinski definition) is 1. The molecule has 0 aromatic heterocycles. The molecule has 10 aromatic carbocycles. The summed E-state index contributed by atoms with van der Waals surface area (Å²) < 4.78 is 0. The van der Waals surface area contributed by atoms with E-state index < -0.39 is 5.41 Å². The van der Waals surface area contributed by atoms with Crippen molar-refractivity contribution < 1.29 is 0 Å². The highest BCUT2D eigenvalue weighted by atomic mass is 15.1. The molecule has 0 N–H and O–H groups in total. The van der Waals surface area contributed by atoms with Gasteiger partial charge in [-0.15, -0.1) is 0 Å². The van der Waals surface area contributed by atoms with Gasteiger partial charge in [0.1, 0.15) is 0 Å². The second-order valence-electron chi connectivity index (χ2n) is 16.4. The molecule has 1 nitrogen and oxygen atoms in total. The average Bonchev–Trinajstić information content (AvgIpc) is 3.78. The van der Waals surface area contributed by atoms with Crippen molar-refractivity contribution in [1.29, 1.82) is 0 Å². The zero-order valence-corrected chi connectivity index (χ0v) is 32.8. The van der Waals surface area contributed by atoms with E-state index in [2.05, 4.69) is 229 Å². The molecule has 3 aliphatic carbocycles. The van der Waals surface area contributed by atoms with E-state index in [4.69, 9.17) is 0 Å². The summed E-state index contributed by atoms with van der Waals surface area (Å²) in [4.78, 5) is 2.48. The van der Waals surface area contributed by atoms with Gasteiger partial charge in [-0.2, -0.15) is 0 Å². The van der Waals surface area contributed by atoms with E-state index in [0.29, 0.717) is 0 Å². The SMILES string of the molecule is c1ccc2c(c1)-c1ccccc1-c1ccc(N(c3ccc4c(c3)C3(c5ccccc5-c5ccccc53)c3ccccc3-4)c3ccc4ccccc4c3)cc1-c1ccccc1-2. The maximum atomic E-state index is 2.50. The molecule has 0 heterocycles. The third-order valence-electron chi connectivity index (χ3n) is 13.4. The van der Waals surface area contributed by atoms with E-state index in [0.717, 1.165) is 17.1 Å². The third kappa shape index (κ3) is 4.52. The second-order valence-corrected chi connectivity index (χ2v) is 16.4. The molecule has 0 aliphatic heterocycles. The van der Waals surface area contributed by atoms with Gasteiger partial charge in [-0.3, -0.25) is 0 Å². The molecule has 10 aromatic rings. The van der Waals surface area contributed by atoms with Crippen LogP contribution in [0.25, 0.3) is 77.5 Å². The Bertz CT molecular complexity index is 3340. The van der Waals surface area contributed by atoms with Crippen LogP contribution in [0.1, 0.15) is 22.3 Å². The van der Waals surface area contributed by atoms with E-state index >= 15 is 0 Å². The Kier molecular flexibility index (Phi) is 7.00. The molecule has 13 rings (SSSR count). The second kappa shape index (κ2) is 12.6. The predicted octanol–water partition coefficient (Wildman–Crippen LogP) is 15.6. The predicted molar refractivity (Wildman–Crippen MR) is 250 cm³/mol. The van der Waals surface area contributed by atoms with Crippen LogP contribution < -0.4 is 4.90 Å². The van der Waals surface area contributed by atoms with Gasteiger partial charge in [0.2, 0.25) is 0 Å². The molecule has 1 spiro atoms. The Balaban J connectivity index is 1.09. The van der Waals surface area contributed by atoms with Crippen molar-refractivity contribution in [1.82, 2.24) is 0 Å². The van der Waals surface area contributed by atoms with Crippen molar-refractivity contribution in [2.45, 2.75) is 5.41 Å². The molecule has 0 radical (unpaired) electrons. The summed E-state index contributed by atoms with van der Waals surface area (Å²) in [5.41, 5.74) is 23.5. The first-order valence-corrected chi connectivity index (χ1v) is 20.9. The third-order valence-corrected chi connectivity index (χ3v) is 13.4. The van der Waals surface area contributed by atoms with Crippen LogP contribution in [-0.4, -0.2) is 0 Å². The lowest BCUT2D eigenvalue weighted by Gasteiger charge is -2.32. The fraction of sp³-hybridized carbons (Fsp3) is 0.0169. The quantitative estimate of drug-likeness (QED) is 0.173. The summed E-state index contributed by atoms with van der Waals surface area (Å²) in [5.74, 6) is 0. The van der Waals surface area contributed by atoms with Crippen molar-refractivity contribution in [3.63, 3.8) is 0 Å². The lowest BCUT2D eigenvalue weighted by atomic mass is 9.70. The zero-order valence-electron chi connectivity index (χ0n) is 32.8. The minimum Gasteiger partial charge on any atom is -0.310 e. The Hall–Kier alpha value is -7.74. The van der Waals surface area contributed by atoms with E-state index in [1.165, 1.54) is 99.8 Å². The van der Waals surface area contributed by atoms with Gasteiger partial charge in [0.05, 0.1) is 5.41 Å². The monoisotopic (exact) mass is 759 g/mol. The van der Waals surface area contributed by atoms with Crippen LogP contribution in [0.3, 0.4) is 0 Å². The molecule has 3 aliphatic rings. The van der Waals surface area contributed by atoms with Crippen molar-refractivity contribution in [3.05, 3.63) is 247 Å². The summed E-state index contributed by atoms with van der Waals surface area (Å²) in [7, 11) is 0. The van der Waals surface area contributed by atoms with Crippen LogP contribution in [0, 0.1) is 0 Å². The highest BCUT2D eigenvalue weighted by Crippen LogP contribution is 2.63. The highest BCUT2D eigenvalue weighted by molar-refractivity contribution is 6.04. The molecular weight excluding hydrogens is 723 g/mol. The average molecular weight is 760 g/mol. The standard InChI is InChI=1S/C59H37N/c1-2-16-39-35-40(30-29-38(39)15-1)60(41-31-33-49-47-21-6-5-19-45(47)43-17-3-4-18-44(43)46-20-7-8-22-48(46)54(49)36-41)42-32-34-53-52-25-11-14-28-57(52)59(58(53)37-42)55-26-12-9-23-50(55)51-24-10-13-27-56(51)59/h1-37H. The molecular formula is C59H37N. The lowest BCUT2D eigenvalue weighted by molar-refractivity contribution is 0.793. The van der Waals surface area contributed by atoms with Crippen molar-refractivity contribution in [2.24, 2.45) is 0 Å². The Morgan fingerprint density at radius 3 is 1.07 bits per heavy atom. The van der Waals surface area contributed by atoms with Gasteiger partial charge in [-0.25, -0.2) is 0 Å². The van der Waals surface area contributed by atoms with E-state index in [-0.39, 0.29) is 0 Å². The van der Waals surface area contributed by atoms with Crippen LogP contribution in [0.5, 0.6) is 0 Å². The first-order valence-electron chi connectivity index (χ1n) is 20.9. The largest absolute Gasteiger partial charge is 0.310 e. The fourth-order valence-electron chi connectivity index (χ4n) is 11.0. The maximum Gasteiger partial charge on any atom is 0.0726 e. The van der Waals surface area contributed by atoms with Crippen LogP contribution >= 0.6 is 0 Å². The summed E-state index contributed by atoms with van der Waals surface area (Å²) in [6, 6.07) is 83.9. The molecule has 0 unspecified atom stereocenters. The number of rotatable bonds is 3. The maximum absolute atomic E-state index is 2.50. The topological polar surface area (TPSA) is 3.24 Å². The van der Waals surface area contributed by atoms with E-state index in [1.54, 1.807) is 0 Å². The van der Waals surface area contributed by atoms with E-state index in [1.807, 2.05) is 0 Å². The number of nitrogens with zero attached hydrogens (tertiary/aromatic N) is 1. The zero-order chi connectivity index (χ0) is 39.4. The Morgan fingerprint density at radius 1 is 0.217 bits per heavy atom. The van der Waals surface area contributed by atoms with Crippen molar-refractivity contribution in [3.8, 4) is 66.8 Å². The van der Waals surface area contributed by atoms with Gasteiger partial charge in [0.15, 0.2) is 0 Å². The lowest BCUT2D eigenvalue weighted by Crippen LogP contribution is -2.26. The van der Waals surface area contributed by atoms with E-state index in [9.17, 15) is 0 Å². The molecule has 0 saturated carbocycles. The number of hydrogen-bond donors (Lipinski definition) is 0. The molecule has 0 fully saturated rings. The fourth-order valence-corrected chi connectivity index (χ4v) is 11.0. The number of fused-ring (bicyclic) bond motifs is 19. The minimum atomic E-state index is -0.438. The normalized spacial score (nSPS) is 13.1. The first-order chi connectivity index (χ1) is 29.8. The molecule has 1 heteroatoms. The summed E-state index contributed by atoms with van der Waals surface area (Å²) in [6.45, 7) is 0. The molecule has 0 atom stereocenters. The van der Waals surface area contributed by atoms with Crippen LogP contribution in [0.15, 0.2) is 224 Å². The number of benzene rings is 10. The first kappa shape index (κ1) is 33.3. The van der Waals surface area contributed by atoms with Crippen LogP contribution in [0.4, 0.5) is 17.1 Å². The summed E-state index contributed by atoms with van der Waals surface area (Å²) >= 11 is 0. The summed E-state index contributed by atoms with van der Waals surface area (Å²) in [5, 5.41) is 2.44. The minimum absolute atomic E-state index is 0.438. The Labute approximate surface area is 350 Å². The molecule has 60 heavy (non-hydrogen) atoms. The van der Waals surface area contributed by atoms with Gasteiger partial charge in [-0.1, -0.05) is 188 Å². The van der Waals surface area contributed by atoms with Crippen LogP contribution in [0.2, 0.25) is 0 Å². The smallest absolute Gasteiger partial charge is 0.0726 e. The van der Waals surface area contributed by atoms with Gasteiger partial charge in [0.25, 0.3) is 0 Å². The molecule has 0 amide bonds. The van der Waals surface area contributed by atoms with Gasteiger partial charge >= 0.3 is 0 Å². The highest BCUT2D eigenvalue weighted by Gasteiger charge is 2.51. The van der Waals surface area contributed by atoms with Crippen molar-refractivity contribution in [2.75, 3.05) is 4.90 Å². The number of anilines is 3. The van der Waals surface area contributed by atoms with Crippen molar-refractivity contribution >= 4 is 27.8 Å². The van der Waals surface area contributed by atoms with Gasteiger partial charge < -0.3 is 4.90 Å². The van der Waals surface area contributed by atoms with Gasteiger partial charge in [-0.05, 0) is 136 Å². The van der Waals surface area contributed by atoms with Gasteiger partial charge in [0, 0.05) is 17.1 Å². The van der Waals surface area contributed by atoms with Crippen LogP contribution in [-0.2, 0) is 5.41 Å². The Morgan fingerprint density at radius 2 is 0.550 bits per heavy atom. The molecule has 278 valence electrons. The molecule has 0 saturated heterocycles. The summed E-state index contributed by atoms with van der Waals surface area (Å²) in [6.07, 6.45) is 0.